The second-order valence-corrected chi connectivity index (χ2v) is 6.27. The number of benzene rings is 1. The number of aromatic amines is 1. The second-order valence-electron chi connectivity index (χ2n) is 6.27. The lowest BCUT2D eigenvalue weighted by atomic mass is 10.1. The standard InChI is InChI=1S/C18H22N6O/c1-25-14-6-4-13(5-7-14)16(24-8-2-3-9-24)11-19-17-15-10-22-23-18(15)21-12-20-17/h4-7,10,12,16H,2-3,8-9,11H2,1H3,(H2,19,20,21,22,23). The second kappa shape index (κ2) is 7.06. The van der Waals surface area contributed by atoms with Crippen LogP contribution in [0.15, 0.2) is 36.8 Å². The number of anilines is 1. The zero-order valence-corrected chi connectivity index (χ0v) is 14.3. The van der Waals surface area contributed by atoms with Crippen molar-refractivity contribution in [2.75, 3.05) is 32.1 Å². The molecule has 0 aliphatic carbocycles. The minimum Gasteiger partial charge on any atom is -0.497 e. The van der Waals surface area contributed by atoms with E-state index >= 15 is 0 Å². The number of aromatic nitrogens is 4. The average molecular weight is 338 g/mol. The predicted octanol–water partition coefficient (Wildman–Crippen LogP) is 2.61. The summed E-state index contributed by atoms with van der Waals surface area (Å²) in [5.41, 5.74) is 2.03. The Morgan fingerprint density at radius 1 is 1.20 bits per heavy atom. The van der Waals surface area contributed by atoms with E-state index in [-0.39, 0.29) is 0 Å². The molecule has 2 N–H and O–H groups in total. The number of rotatable bonds is 6. The Balaban J connectivity index is 1.56. The van der Waals surface area contributed by atoms with Crippen LogP contribution in [-0.2, 0) is 0 Å². The Morgan fingerprint density at radius 2 is 2.00 bits per heavy atom. The van der Waals surface area contributed by atoms with Crippen molar-refractivity contribution < 1.29 is 4.74 Å². The molecule has 0 bridgehead atoms. The smallest absolute Gasteiger partial charge is 0.160 e. The van der Waals surface area contributed by atoms with Gasteiger partial charge in [-0.05, 0) is 43.6 Å². The maximum Gasteiger partial charge on any atom is 0.160 e. The number of nitrogens with zero attached hydrogens (tertiary/aromatic N) is 4. The van der Waals surface area contributed by atoms with Gasteiger partial charge in [0.25, 0.3) is 0 Å². The minimum atomic E-state index is 0.297. The van der Waals surface area contributed by atoms with Crippen LogP contribution < -0.4 is 10.1 Å². The van der Waals surface area contributed by atoms with Crippen molar-refractivity contribution in [3.05, 3.63) is 42.4 Å². The van der Waals surface area contributed by atoms with E-state index in [1.807, 2.05) is 12.1 Å². The van der Waals surface area contributed by atoms with Crippen molar-refractivity contribution in [2.24, 2.45) is 0 Å². The monoisotopic (exact) mass is 338 g/mol. The normalized spacial score (nSPS) is 16.2. The van der Waals surface area contributed by atoms with E-state index in [9.17, 15) is 0 Å². The van der Waals surface area contributed by atoms with Crippen molar-refractivity contribution in [3.8, 4) is 5.75 Å². The van der Waals surface area contributed by atoms with Crippen molar-refractivity contribution in [1.82, 2.24) is 25.1 Å². The molecule has 2 aromatic heterocycles. The highest BCUT2D eigenvalue weighted by atomic mass is 16.5. The van der Waals surface area contributed by atoms with Gasteiger partial charge in [-0.2, -0.15) is 5.10 Å². The van der Waals surface area contributed by atoms with E-state index in [1.54, 1.807) is 19.6 Å². The van der Waals surface area contributed by atoms with Gasteiger partial charge in [-0.1, -0.05) is 12.1 Å². The number of hydrogen-bond acceptors (Lipinski definition) is 6. The molecule has 25 heavy (non-hydrogen) atoms. The molecule has 0 spiro atoms. The summed E-state index contributed by atoms with van der Waals surface area (Å²) in [5.74, 6) is 1.70. The average Bonchev–Trinajstić information content (AvgIpc) is 3.34. The maximum absolute atomic E-state index is 5.29. The summed E-state index contributed by atoms with van der Waals surface area (Å²) >= 11 is 0. The third-order valence-electron chi connectivity index (χ3n) is 4.79. The molecular formula is C18H22N6O. The molecule has 1 aromatic carbocycles. The predicted molar refractivity (Wildman–Crippen MR) is 96.7 cm³/mol. The Labute approximate surface area is 146 Å². The fourth-order valence-corrected chi connectivity index (χ4v) is 3.44. The first-order valence-corrected chi connectivity index (χ1v) is 8.61. The van der Waals surface area contributed by atoms with Crippen LogP contribution in [0.4, 0.5) is 5.82 Å². The molecule has 1 saturated heterocycles. The first-order valence-electron chi connectivity index (χ1n) is 8.61. The number of likely N-dealkylation sites (tertiary alicyclic amines) is 1. The maximum atomic E-state index is 5.29. The molecule has 3 aromatic rings. The Kier molecular flexibility index (Phi) is 4.47. The molecule has 7 nitrogen and oxygen atoms in total. The number of fused-ring (bicyclic) bond motifs is 1. The quantitative estimate of drug-likeness (QED) is 0.719. The molecule has 4 rings (SSSR count). The minimum absolute atomic E-state index is 0.297. The van der Waals surface area contributed by atoms with E-state index in [0.29, 0.717) is 6.04 Å². The van der Waals surface area contributed by atoms with Gasteiger partial charge < -0.3 is 10.1 Å². The molecule has 1 atom stereocenters. The molecule has 1 unspecified atom stereocenters. The van der Waals surface area contributed by atoms with Gasteiger partial charge in [-0.15, -0.1) is 0 Å². The van der Waals surface area contributed by atoms with Crippen molar-refractivity contribution in [1.29, 1.82) is 0 Å². The van der Waals surface area contributed by atoms with E-state index in [4.69, 9.17) is 4.74 Å². The van der Waals surface area contributed by atoms with Gasteiger partial charge in [0.2, 0.25) is 0 Å². The molecule has 1 fully saturated rings. The van der Waals surface area contributed by atoms with Crippen LogP contribution in [0.3, 0.4) is 0 Å². The van der Waals surface area contributed by atoms with Crippen LogP contribution in [0.5, 0.6) is 5.75 Å². The van der Waals surface area contributed by atoms with Crippen LogP contribution in [0.25, 0.3) is 11.0 Å². The van der Waals surface area contributed by atoms with E-state index in [1.165, 1.54) is 18.4 Å². The van der Waals surface area contributed by atoms with Crippen molar-refractivity contribution >= 4 is 16.9 Å². The zero-order valence-electron chi connectivity index (χ0n) is 14.3. The summed E-state index contributed by atoms with van der Waals surface area (Å²) in [6.07, 6.45) is 5.83. The fourth-order valence-electron chi connectivity index (χ4n) is 3.44. The summed E-state index contributed by atoms with van der Waals surface area (Å²) < 4.78 is 5.29. The largest absolute Gasteiger partial charge is 0.497 e. The number of ether oxygens (including phenoxy) is 1. The Bertz CT molecular complexity index is 825. The molecule has 1 aliphatic heterocycles. The molecule has 7 heteroatoms. The lowest BCUT2D eigenvalue weighted by Crippen LogP contribution is -2.31. The lowest BCUT2D eigenvalue weighted by molar-refractivity contribution is 0.255. The molecular weight excluding hydrogens is 316 g/mol. The first-order chi connectivity index (χ1) is 12.3. The molecule has 0 saturated carbocycles. The van der Waals surface area contributed by atoms with Crippen LogP contribution in [-0.4, -0.2) is 51.8 Å². The number of nitrogens with one attached hydrogen (secondary N) is 2. The molecule has 0 amide bonds. The summed E-state index contributed by atoms with van der Waals surface area (Å²) in [5, 5.41) is 11.3. The highest BCUT2D eigenvalue weighted by Gasteiger charge is 2.23. The number of hydrogen-bond donors (Lipinski definition) is 2. The highest BCUT2D eigenvalue weighted by Crippen LogP contribution is 2.27. The summed E-state index contributed by atoms with van der Waals surface area (Å²) in [4.78, 5) is 11.1. The summed E-state index contributed by atoms with van der Waals surface area (Å²) in [7, 11) is 1.69. The van der Waals surface area contributed by atoms with E-state index < -0.39 is 0 Å². The fraction of sp³-hybridized carbons (Fsp3) is 0.389. The number of H-pyrrole nitrogens is 1. The summed E-state index contributed by atoms with van der Waals surface area (Å²) in [6, 6.07) is 8.65. The van der Waals surface area contributed by atoms with Gasteiger partial charge in [-0.3, -0.25) is 10.00 Å². The summed E-state index contributed by atoms with van der Waals surface area (Å²) in [6.45, 7) is 3.04. The number of methoxy groups -OCH3 is 1. The lowest BCUT2D eigenvalue weighted by Gasteiger charge is -2.28. The highest BCUT2D eigenvalue weighted by molar-refractivity contribution is 5.85. The van der Waals surface area contributed by atoms with E-state index in [2.05, 4.69) is 42.5 Å². The van der Waals surface area contributed by atoms with Gasteiger partial charge in [0.15, 0.2) is 5.65 Å². The van der Waals surface area contributed by atoms with Crippen molar-refractivity contribution in [2.45, 2.75) is 18.9 Å². The van der Waals surface area contributed by atoms with Crippen molar-refractivity contribution in [3.63, 3.8) is 0 Å². The van der Waals surface area contributed by atoms with Gasteiger partial charge in [-0.25, -0.2) is 9.97 Å². The first kappa shape index (κ1) is 15.8. The van der Waals surface area contributed by atoms with Gasteiger partial charge in [0.1, 0.15) is 17.9 Å². The molecule has 3 heterocycles. The van der Waals surface area contributed by atoms with Gasteiger partial charge in [0.05, 0.1) is 24.7 Å². The molecule has 130 valence electrons. The van der Waals surface area contributed by atoms with Gasteiger partial charge in [0, 0.05) is 6.54 Å². The van der Waals surface area contributed by atoms with Crippen LogP contribution in [0.1, 0.15) is 24.4 Å². The third kappa shape index (κ3) is 3.28. The van der Waals surface area contributed by atoms with Gasteiger partial charge >= 0.3 is 0 Å². The molecule has 1 aliphatic rings. The third-order valence-corrected chi connectivity index (χ3v) is 4.79. The van der Waals surface area contributed by atoms with Crippen LogP contribution in [0.2, 0.25) is 0 Å². The Morgan fingerprint density at radius 3 is 2.76 bits per heavy atom. The zero-order chi connectivity index (χ0) is 17.1. The topological polar surface area (TPSA) is 79.0 Å². The van der Waals surface area contributed by atoms with Crippen LogP contribution in [0, 0.1) is 0 Å². The van der Waals surface area contributed by atoms with Crippen LogP contribution >= 0.6 is 0 Å². The SMILES string of the molecule is COc1ccc(C(CNc2ncnc3[nH]ncc23)N2CCCC2)cc1. The molecule has 0 radical (unpaired) electrons. The van der Waals surface area contributed by atoms with E-state index in [0.717, 1.165) is 42.2 Å². The Hall–Kier alpha value is -2.67.